The summed E-state index contributed by atoms with van der Waals surface area (Å²) in [5.74, 6) is -3.07. The van der Waals surface area contributed by atoms with Gasteiger partial charge in [0.25, 0.3) is 15.8 Å². The van der Waals surface area contributed by atoms with Gasteiger partial charge in [0.05, 0.1) is 4.90 Å². The van der Waals surface area contributed by atoms with Gasteiger partial charge in [0, 0.05) is 10.6 Å². The summed E-state index contributed by atoms with van der Waals surface area (Å²) in [4.78, 5) is 0.240. The van der Waals surface area contributed by atoms with Crippen molar-refractivity contribution in [3.8, 4) is 0 Å². The average Bonchev–Trinajstić information content (AvgIpc) is 2.40. The third-order valence-corrected chi connectivity index (χ3v) is 4.58. The number of benzene rings is 2. The molecule has 0 fully saturated rings. The summed E-state index contributed by atoms with van der Waals surface area (Å²) in [6.45, 7) is 0. The summed E-state index contributed by atoms with van der Waals surface area (Å²) < 4.78 is 63.4. The van der Waals surface area contributed by atoms with E-state index in [0.717, 1.165) is 24.3 Å². The van der Waals surface area contributed by atoms with E-state index in [4.69, 9.17) is 0 Å². The molecule has 2 aromatic carbocycles. The fourth-order valence-corrected chi connectivity index (χ4v) is 3.09. The fourth-order valence-electron chi connectivity index (χ4n) is 1.53. The lowest BCUT2D eigenvalue weighted by molar-refractivity contribution is 0.252. The third-order valence-electron chi connectivity index (χ3n) is 2.46. The number of nitrogens with one attached hydrogen (secondary N) is 1. The van der Waals surface area contributed by atoms with E-state index < -0.39 is 21.6 Å². The van der Waals surface area contributed by atoms with E-state index in [0.29, 0.717) is 16.7 Å². The normalized spacial score (nSPS) is 11.6. The Bertz CT molecular complexity index is 701. The summed E-state index contributed by atoms with van der Waals surface area (Å²) in [6, 6.07) is 9.89. The maximum absolute atomic E-state index is 12.8. The largest absolute Gasteiger partial charge is 0.288 e. The van der Waals surface area contributed by atoms with Gasteiger partial charge in [-0.05, 0) is 48.5 Å². The van der Waals surface area contributed by atoms with Gasteiger partial charge in [0.15, 0.2) is 0 Å². The second kappa shape index (κ2) is 6.40. The molecule has 0 aliphatic heterocycles. The molecule has 112 valence electrons. The first kappa shape index (κ1) is 15.7. The minimum Gasteiger partial charge on any atom is -0.280 e. The molecule has 0 amide bonds. The van der Waals surface area contributed by atoms with Gasteiger partial charge in [0.2, 0.25) is 0 Å². The molecule has 21 heavy (non-hydrogen) atoms. The van der Waals surface area contributed by atoms with Crippen molar-refractivity contribution >= 4 is 27.5 Å². The Morgan fingerprint density at radius 2 is 1.52 bits per heavy atom. The topological polar surface area (TPSA) is 46.2 Å². The van der Waals surface area contributed by atoms with Crippen molar-refractivity contribution in [3.63, 3.8) is 0 Å². The monoisotopic (exact) mass is 333 g/mol. The predicted molar refractivity (Wildman–Crippen MR) is 75.5 cm³/mol. The third kappa shape index (κ3) is 4.40. The summed E-state index contributed by atoms with van der Waals surface area (Å²) in [6.07, 6.45) is 0. The van der Waals surface area contributed by atoms with Crippen LogP contribution >= 0.6 is 11.8 Å². The Kier molecular flexibility index (Phi) is 4.79. The molecule has 0 aliphatic rings. The van der Waals surface area contributed by atoms with Crippen molar-refractivity contribution in [3.05, 3.63) is 54.3 Å². The van der Waals surface area contributed by atoms with Crippen molar-refractivity contribution in [2.24, 2.45) is 0 Å². The Morgan fingerprint density at radius 3 is 2.05 bits per heavy atom. The van der Waals surface area contributed by atoms with Gasteiger partial charge in [-0.1, -0.05) is 11.8 Å². The Hall–Kier alpha value is -1.67. The molecule has 1 N–H and O–H groups in total. The van der Waals surface area contributed by atoms with Crippen molar-refractivity contribution in [1.29, 1.82) is 0 Å². The molecule has 0 spiro atoms. The zero-order valence-corrected chi connectivity index (χ0v) is 12.1. The molecule has 0 saturated carbocycles. The molecule has 0 saturated heterocycles. The van der Waals surface area contributed by atoms with Crippen LogP contribution in [0.1, 0.15) is 0 Å². The van der Waals surface area contributed by atoms with Crippen LogP contribution in [0.4, 0.5) is 18.9 Å². The van der Waals surface area contributed by atoms with Gasteiger partial charge in [-0.3, -0.25) is 4.72 Å². The highest BCUT2D eigenvalue weighted by Gasteiger charge is 2.14. The summed E-state index contributed by atoms with van der Waals surface area (Å²) >= 11 is 0.371. The first-order valence-electron chi connectivity index (χ1n) is 5.70. The van der Waals surface area contributed by atoms with Crippen molar-refractivity contribution in [2.75, 3.05) is 4.72 Å². The fraction of sp³-hybridized carbons (Fsp3) is 0.0769. The smallest absolute Gasteiger partial charge is 0.280 e. The number of alkyl halides is 2. The predicted octanol–water partition coefficient (Wildman–Crippen LogP) is 3.94. The minimum atomic E-state index is -3.84. The Labute approximate surface area is 124 Å². The van der Waals surface area contributed by atoms with Gasteiger partial charge in [0.1, 0.15) is 5.82 Å². The van der Waals surface area contributed by atoms with E-state index in [1.54, 1.807) is 0 Å². The number of anilines is 1. The van der Waals surface area contributed by atoms with Gasteiger partial charge >= 0.3 is 0 Å². The SMILES string of the molecule is O=S(=O)(Nc1ccc(SC(F)F)cc1)c1ccc(F)cc1. The van der Waals surface area contributed by atoms with Crippen molar-refractivity contribution < 1.29 is 21.6 Å². The molecule has 0 heterocycles. The number of rotatable bonds is 5. The Morgan fingerprint density at radius 1 is 0.952 bits per heavy atom. The summed E-state index contributed by atoms with van der Waals surface area (Å²) in [7, 11) is -3.84. The van der Waals surface area contributed by atoms with E-state index in [1.165, 1.54) is 24.3 Å². The van der Waals surface area contributed by atoms with Crippen molar-refractivity contribution in [1.82, 2.24) is 0 Å². The van der Waals surface area contributed by atoms with Gasteiger partial charge in [-0.15, -0.1) is 0 Å². The quantitative estimate of drug-likeness (QED) is 0.843. The summed E-state index contributed by atoms with van der Waals surface area (Å²) in [5, 5.41) is 0. The van der Waals surface area contributed by atoms with Crippen LogP contribution in [0.25, 0.3) is 0 Å². The van der Waals surface area contributed by atoms with Crippen LogP contribution in [0.3, 0.4) is 0 Å². The molecule has 3 nitrogen and oxygen atoms in total. The first-order chi connectivity index (χ1) is 9.87. The van der Waals surface area contributed by atoms with Crippen LogP contribution in [-0.4, -0.2) is 14.2 Å². The highest BCUT2D eigenvalue weighted by atomic mass is 32.2. The van der Waals surface area contributed by atoms with Crippen LogP contribution in [0.15, 0.2) is 58.3 Å². The lowest BCUT2D eigenvalue weighted by Crippen LogP contribution is -2.12. The van der Waals surface area contributed by atoms with E-state index >= 15 is 0 Å². The number of halogens is 3. The van der Waals surface area contributed by atoms with Crippen LogP contribution in [-0.2, 0) is 10.0 Å². The molecule has 0 bridgehead atoms. The van der Waals surface area contributed by atoms with Crippen LogP contribution in [0, 0.1) is 5.82 Å². The maximum atomic E-state index is 12.8. The van der Waals surface area contributed by atoms with Gasteiger partial charge in [-0.25, -0.2) is 12.8 Å². The molecular formula is C13H10F3NO2S2. The van der Waals surface area contributed by atoms with Gasteiger partial charge in [-0.2, -0.15) is 8.78 Å². The molecule has 2 aromatic rings. The molecule has 0 aliphatic carbocycles. The molecule has 2 rings (SSSR count). The molecule has 0 unspecified atom stereocenters. The number of hydrogen-bond donors (Lipinski definition) is 1. The molecular weight excluding hydrogens is 323 g/mol. The van der Waals surface area contributed by atoms with Gasteiger partial charge < -0.3 is 0 Å². The highest BCUT2D eigenvalue weighted by molar-refractivity contribution is 7.99. The van der Waals surface area contributed by atoms with E-state index in [-0.39, 0.29) is 10.6 Å². The van der Waals surface area contributed by atoms with E-state index in [1.807, 2.05) is 0 Å². The molecule has 0 radical (unpaired) electrons. The van der Waals surface area contributed by atoms with E-state index in [9.17, 15) is 21.6 Å². The van der Waals surface area contributed by atoms with Crippen LogP contribution in [0.5, 0.6) is 0 Å². The van der Waals surface area contributed by atoms with Crippen molar-refractivity contribution in [2.45, 2.75) is 15.5 Å². The lowest BCUT2D eigenvalue weighted by atomic mass is 10.3. The second-order valence-corrected chi connectivity index (χ2v) is 6.71. The Balaban J connectivity index is 2.15. The zero-order valence-electron chi connectivity index (χ0n) is 10.5. The summed E-state index contributed by atoms with van der Waals surface area (Å²) in [5.41, 5.74) is 0.234. The minimum absolute atomic E-state index is 0.0880. The number of sulfonamides is 1. The average molecular weight is 333 g/mol. The zero-order chi connectivity index (χ0) is 15.5. The molecule has 0 aromatic heterocycles. The highest BCUT2D eigenvalue weighted by Crippen LogP contribution is 2.26. The van der Waals surface area contributed by atoms with Crippen LogP contribution in [0.2, 0.25) is 0 Å². The maximum Gasteiger partial charge on any atom is 0.288 e. The van der Waals surface area contributed by atoms with E-state index in [2.05, 4.69) is 4.72 Å². The first-order valence-corrected chi connectivity index (χ1v) is 8.06. The lowest BCUT2D eigenvalue weighted by Gasteiger charge is -2.08. The van der Waals surface area contributed by atoms with Crippen LogP contribution < -0.4 is 4.72 Å². The second-order valence-electron chi connectivity index (χ2n) is 3.96. The number of hydrogen-bond acceptors (Lipinski definition) is 3. The molecule has 0 atom stereocenters. The molecule has 8 heteroatoms. The number of thioether (sulfide) groups is 1. The standard InChI is InChI=1S/C13H10F3NO2S2/c14-9-1-7-12(8-2-9)21(18,19)17-10-3-5-11(6-4-10)20-13(15)16/h1-8,13,17H.